The molecule has 2 aromatic carbocycles. The number of hydrogen-bond donors (Lipinski definition) is 5. The summed E-state index contributed by atoms with van der Waals surface area (Å²) in [7, 11) is 1.38. The largest absolute Gasteiger partial charge is 0.508 e. The second-order valence-corrected chi connectivity index (χ2v) is 9.73. The number of ether oxygens (including phenoxy) is 3. The first-order valence-electron chi connectivity index (χ1n) is 12.7. The average molecular weight is 557 g/mol. The Morgan fingerprint density at radius 3 is 2.48 bits per heavy atom. The van der Waals surface area contributed by atoms with E-state index in [-0.39, 0.29) is 40.2 Å². The fourth-order valence-electron chi connectivity index (χ4n) is 4.77. The van der Waals surface area contributed by atoms with Gasteiger partial charge in [0.1, 0.15) is 47.3 Å². The summed E-state index contributed by atoms with van der Waals surface area (Å²) in [4.78, 5) is 26.0. The maximum atomic E-state index is 13.1. The van der Waals surface area contributed by atoms with Crippen molar-refractivity contribution in [2.45, 2.75) is 56.9 Å². The van der Waals surface area contributed by atoms with Gasteiger partial charge in [-0.2, -0.15) is 0 Å². The zero-order chi connectivity index (χ0) is 29.1. The summed E-state index contributed by atoms with van der Waals surface area (Å²) in [6.07, 6.45) is -5.68. The van der Waals surface area contributed by atoms with Gasteiger partial charge >= 0.3 is 5.97 Å². The molecular formula is C29H32O11. The molecule has 214 valence electrons. The van der Waals surface area contributed by atoms with Gasteiger partial charge in [0.05, 0.1) is 30.8 Å². The number of carbonyl (C=O) groups excluding carboxylic acids is 1. The Bertz CT molecular complexity index is 1440. The van der Waals surface area contributed by atoms with E-state index in [0.717, 1.165) is 6.08 Å². The summed E-state index contributed by atoms with van der Waals surface area (Å²) in [5, 5.41) is 51.0. The number of esters is 1. The van der Waals surface area contributed by atoms with Gasteiger partial charge in [0.2, 0.25) is 0 Å². The van der Waals surface area contributed by atoms with Crippen molar-refractivity contribution >= 4 is 23.0 Å². The number of aryl methyl sites for hydroxylation is 1. The van der Waals surface area contributed by atoms with Crippen LogP contribution in [0.2, 0.25) is 0 Å². The van der Waals surface area contributed by atoms with Gasteiger partial charge in [-0.3, -0.25) is 4.79 Å². The Hall–Kier alpha value is -3.74. The molecule has 0 unspecified atom stereocenters. The molecule has 2 heterocycles. The highest BCUT2D eigenvalue weighted by Crippen LogP contribution is 2.43. The lowest BCUT2D eigenvalue weighted by molar-refractivity contribution is -0.239. The number of aliphatic hydroxyl groups excluding tert-OH is 4. The lowest BCUT2D eigenvalue weighted by atomic mass is 9.89. The Balaban J connectivity index is 1.83. The highest BCUT2D eigenvalue weighted by atomic mass is 16.6. The van der Waals surface area contributed by atoms with Crippen LogP contribution in [0.3, 0.4) is 0 Å². The quantitative estimate of drug-likeness (QED) is 0.201. The number of phenols is 1. The Labute approximate surface area is 229 Å². The van der Waals surface area contributed by atoms with E-state index < -0.39 is 54.6 Å². The molecule has 0 amide bonds. The van der Waals surface area contributed by atoms with E-state index in [1.54, 1.807) is 25.1 Å². The molecule has 6 atom stereocenters. The van der Waals surface area contributed by atoms with Gasteiger partial charge in [0, 0.05) is 18.6 Å². The second-order valence-electron chi connectivity index (χ2n) is 9.73. The van der Waals surface area contributed by atoms with Gasteiger partial charge in [-0.1, -0.05) is 12.1 Å². The van der Waals surface area contributed by atoms with Gasteiger partial charge in [-0.15, -0.1) is 0 Å². The van der Waals surface area contributed by atoms with Crippen LogP contribution < -0.4 is 10.2 Å². The molecule has 4 rings (SSSR count). The lowest BCUT2D eigenvalue weighted by Crippen LogP contribution is -2.56. The maximum absolute atomic E-state index is 13.1. The van der Waals surface area contributed by atoms with Gasteiger partial charge < -0.3 is 44.2 Å². The summed E-state index contributed by atoms with van der Waals surface area (Å²) in [6, 6.07) is 8.89. The fourth-order valence-corrected chi connectivity index (χ4v) is 4.77. The topological polar surface area (TPSA) is 176 Å². The monoisotopic (exact) mass is 556 g/mol. The van der Waals surface area contributed by atoms with Crippen molar-refractivity contribution in [3.05, 3.63) is 75.1 Å². The van der Waals surface area contributed by atoms with Gasteiger partial charge in [-0.25, -0.2) is 4.79 Å². The van der Waals surface area contributed by atoms with Crippen LogP contribution in [0, 0.1) is 6.92 Å². The zero-order valence-electron chi connectivity index (χ0n) is 22.2. The standard InChI is InChI=1S/C29H32O11/c1-14-10-20(37-3)24(27-23(14)19(33)12-18(38-27)11-15(2)31)28-29(26(36)25(35)21(13-30)39-28)40-22(34)9-6-16-4-7-17(32)8-5-16/h4-10,12,15,21,25-26,28-32,35-36H,11,13H2,1-3H3/b9-6+/t15-,21+,25-,26-,28-,29+/m0/s1. The SMILES string of the molecule is COc1cc(C)c2c(=O)cc(C[C@H](C)O)oc2c1[C@@H]1O[C@H](CO)[C@H](O)[C@H](O)[C@H]1OC(=O)/C=C/c1ccc(O)cc1. The van der Waals surface area contributed by atoms with Crippen molar-refractivity contribution in [1.82, 2.24) is 0 Å². The molecule has 1 saturated heterocycles. The first kappa shape index (κ1) is 29.2. The van der Waals surface area contributed by atoms with Crippen molar-refractivity contribution in [3.63, 3.8) is 0 Å². The number of hydrogen-bond acceptors (Lipinski definition) is 11. The van der Waals surface area contributed by atoms with Crippen LogP contribution in [0.1, 0.15) is 35.5 Å². The number of methoxy groups -OCH3 is 1. The minimum absolute atomic E-state index is 0.0333. The van der Waals surface area contributed by atoms with Gasteiger partial charge in [-0.05, 0) is 49.2 Å². The maximum Gasteiger partial charge on any atom is 0.331 e. The molecule has 0 saturated carbocycles. The Kier molecular flexibility index (Phi) is 8.92. The number of fused-ring (bicyclic) bond motifs is 1. The number of phenolic OH excluding ortho intramolecular Hbond substituents is 1. The molecule has 40 heavy (non-hydrogen) atoms. The van der Waals surface area contributed by atoms with E-state index in [1.807, 2.05) is 0 Å². The summed E-state index contributed by atoms with van der Waals surface area (Å²) < 4.78 is 23.2. The molecule has 11 heteroatoms. The third kappa shape index (κ3) is 6.03. The zero-order valence-corrected chi connectivity index (χ0v) is 22.2. The van der Waals surface area contributed by atoms with E-state index in [1.165, 1.54) is 38.3 Å². The molecular weight excluding hydrogens is 524 g/mol. The second kappa shape index (κ2) is 12.2. The van der Waals surface area contributed by atoms with E-state index >= 15 is 0 Å². The van der Waals surface area contributed by atoms with E-state index in [2.05, 4.69) is 0 Å². The van der Waals surface area contributed by atoms with Crippen LogP contribution in [-0.4, -0.2) is 75.7 Å². The van der Waals surface area contributed by atoms with E-state index in [9.17, 15) is 35.1 Å². The Morgan fingerprint density at radius 2 is 1.85 bits per heavy atom. The molecule has 1 aromatic heterocycles. The molecule has 0 radical (unpaired) electrons. The normalized spacial score (nSPS) is 23.8. The van der Waals surface area contributed by atoms with Crippen molar-refractivity contribution < 1.29 is 49.0 Å². The van der Waals surface area contributed by atoms with Crippen molar-refractivity contribution in [2.75, 3.05) is 13.7 Å². The van der Waals surface area contributed by atoms with Crippen molar-refractivity contribution in [3.8, 4) is 11.5 Å². The van der Waals surface area contributed by atoms with Crippen LogP contribution in [0.4, 0.5) is 0 Å². The molecule has 1 aliphatic rings. The fraction of sp³-hybridized carbons (Fsp3) is 0.379. The smallest absolute Gasteiger partial charge is 0.331 e. The van der Waals surface area contributed by atoms with Crippen LogP contribution in [-0.2, 0) is 20.7 Å². The lowest BCUT2D eigenvalue weighted by Gasteiger charge is -2.42. The van der Waals surface area contributed by atoms with Crippen molar-refractivity contribution in [2.24, 2.45) is 0 Å². The number of aliphatic hydroxyl groups is 4. The minimum atomic E-state index is -1.70. The third-order valence-corrected chi connectivity index (χ3v) is 6.68. The summed E-state index contributed by atoms with van der Waals surface area (Å²) >= 11 is 0. The molecule has 1 aliphatic heterocycles. The van der Waals surface area contributed by atoms with E-state index in [0.29, 0.717) is 11.1 Å². The third-order valence-electron chi connectivity index (χ3n) is 6.68. The molecule has 1 fully saturated rings. The average Bonchev–Trinajstić information content (AvgIpc) is 2.90. The summed E-state index contributed by atoms with van der Waals surface area (Å²) in [5.41, 5.74) is 0.876. The number of carbonyl (C=O) groups is 1. The van der Waals surface area contributed by atoms with Crippen LogP contribution in [0.5, 0.6) is 11.5 Å². The summed E-state index contributed by atoms with van der Waals surface area (Å²) in [5.74, 6) is -0.456. The molecule has 0 aliphatic carbocycles. The first-order valence-corrected chi connectivity index (χ1v) is 12.7. The molecule has 11 nitrogen and oxygen atoms in total. The highest BCUT2D eigenvalue weighted by Gasteiger charge is 2.49. The van der Waals surface area contributed by atoms with Crippen molar-refractivity contribution in [1.29, 1.82) is 0 Å². The first-order chi connectivity index (χ1) is 19.0. The van der Waals surface area contributed by atoms with Gasteiger partial charge in [0.15, 0.2) is 11.5 Å². The summed E-state index contributed by atoms with van der Waals surface area (Å²) in [6.45, 7) is 2.55. The molecule has 0 spiro atoms. The van der Waals surface area contributed by atoms with E-state index in [4.69, 9.17) is 18.6 Å². The number of benzene rings is 2. The molecule has 0 bridgehead atoms. The van der Waals surface area contributed by atoms with Gasteiger partial charge in [0.25, 0.3) is 0 Å². The minimum Gasteiger partial charge on any atom is -0.508 e. The highest BCUT2D eigenvalue weighted by molar-refractivity contribution is 5.88. The van der Waals surface area contributed by atoms with Crippen LogP contribution >= 0.6 is 0 Å². The Morgan fingerprint density at radius 1 is 1.15 bits per heavy atom. The number of aromatic hydroxyl groups is 1. The predicted molar refractivity (Wildman–Crippen MR) is 143 cm³/mol. The van der Waals surface area contributed by atoms with Crippen LogP contribution in [0.15, 0.2) is 51.7 Å². The molecule has 3 aromatic rings. The number of rotatable bonds is 8. The van der Waals surface area contributed by atoms with Crippen LogP contribution in [0.25, 0.3) is 17.0 Å². The molecule has 5 N–H and O–H groups in total. The predicted octanol–water partition coefficient (Wildman–Crippen LogP) is 1.52.